The van der Waals surface area contributed by atoms with Gasteiger partial charge in [0.1, 0.15) is 0 Å². The van der Waals surface area contributed by atoms with E-state index in [1.54, 1.807) is 54.6 Å². The summed E-state index contributed by atoms with van der Waals surface area (Å²) in [6, 6.07) is 19.0. The van der Waals surface area contributed by atoms with Crippen LogP contribution in [0, 0.1) is 0 Å². The van der Waals surface area contributed by atoms with Crippen LogP contribution in [0.5, 0.6) is 0 Å². The highest BCUT2D eigenvalue weighted by Gasteiger charge is 2.16. The van der Waals surface area contributed by atoms with Crippen molar-refractivity contribution in [3.8, 4) is 0 Å². The van der Waals surface area contributed by atoms with Gasteiger partial charge in [-0.15, -0.1) is 0 Å². The first-order valence-electron chi connectivity index (χ1n) is 7.82. The Morgan fingerprint density at radius 3 is 2.28 bits per heavy atom. The summed E-state index contributed by atoms with van der Waals surface area (Å²) in [7, 11) is 1.32. The fraction of sp³-hybridized carbons (Fsp3) is 0.0952. The van der Waals surface area contributed by atoms with Gasteiger partial charge in [0.15, 0.2) is 11.6 Å². The molecule has 4 nitrogen and oxygen atoms in total. The van der Waals surface area contributed by atoms with E-state index in [0.717, 1.165) is 5.39 Å². The van der Waals surface area contributed by atoms with Crippen LogP contribution >= 0.6 is 0 Å². The van der Waals surface area contributed by atoms with Crippen LogP contribution in [0.4, 0.5) is 0 Å². The third-order valence-corrected chi connectivity index (χ3v) is 4.02. The summed E-state index contributed by atoms with van der Waals surface area (Å²) in [5.74, 6) is -0.892. The van der Waals surface area contributed by atoms with Crippen molar-refractivity contribution in [3.05, 3.63) is 83.4 Å². The van der Waals surface area contributed by atoms with E-state index in [0.29, 0.717) is 22.1 Å². The number of ketones is 2. The Morgan fingerprint density at radius 1 is 0.800 bits per heavy atom. The Labute approximate surface area is 145 Å². The number of rotatable bonds is 5. The Morgan fingerprint density at radius 2 is 1.56 bits per heavy atom. The number of fused-ring (bicyclic) bond motifs is 1. The number of esters is 1. The molecule has 0 heterocycles. The molecule has 0 amide bonds. The zero-order chi connectivity index (χ0) is 17.8. The lowest BCUT2D eigenvalue weighted by molar-refractivity contribution is 0.0600. The predicted molar refractivity (Wildman–Crippen MR) is 95.0 cm³/mol. The van der Waals surface area contributed by atoms with E-state index in [2.05, 4.69) is 0 Å². The van der Waals surface area contributed by atoms with Crippen LogP contribution in [0.3, 0.4) is 0 Å². The number of carbonyl (C=O) groups excluding carboxylic acids is 3. The Balaban J connectivity index is 1.91. The lowest BCUT2D eigenvalue weighted by Crippen LogP contribution is -2.09. The molecule has 0 aliphatic heterocycles. The number of Topliss-reactive ketones (excluding diaryl/α,β-unsaturated/α-hetero) is 2. The molecule has 124 valence electrons. The van der Waals surface area contributed by atoms with Crippen molar-refractivity contribution in [1.29, 1.82) is 0 Å². The third-order valence-electron chi connectivity index (χ3n) is 4.02. The number of carbonyl (C=O) groups is 3. The van der Waals surface area contributed by atoms with Crippen LogP contribution in [-0.2, 0) is 4.74 Å². The van der Waals surface area contributed by atoms with Gasteiger partial charge in [0, 0.05) is 11.1 Å². The monoisotopic (exact) mass is 332 g/mol. The summed E-state index contributed by atoms with van der Waals surface area (Å²) >= 11 is 0. The highest BCUT2D eigenvalue weighted by Crippen LogP contribution is 2.22. The zero-order valence-electron chi connectivity index (χ0n) is 13.7. The second kappa shape index (κ2) is 7.09. The molecule has 0 saturated heterocycles. The second-order valence-electron chi connectivity index (χ2n) is 5.62. The summed E-state index contributed by atoms with van der Waals surface area (Å²) in [5.41, 5.74) is 1.40. The van der Waals surface area contributed by atoms with Crippen LogP contribution in [0.1, 0.15) is 37.5 Å². The van der Waals surface area contributed by atoms with Crippen LogP contribution in [-0.4, -0.2) is 24.6 Å². The van der Waals surface area contributed by atoms with Gasteiger partial charge in [-0.2, -0.15) is 0 Å². The molecule has 0 saturated carbocycles. The van der Waals surface area contributed by atoms with Crippen molar-refractivity contribution in [2.45, 2.75) is 6.42 Å². The van der Waals surface area contributed by atoms with Gasteiger partial charge < -0.3 is 4.74 Å². The van der Waals surface area contributed by atoms with Crippen molar-refractivity contribution < 1.29 is 19.1 Å². The molecule has 0 atom stereocenters. The van der Waals surface area contributed by atoms with Gasteiger partial charge in [0.2, 0.25) is 0 Å². The smallest absolute Gasteiger partial charge is 0.337 e. The molecule has 0 radical (unpaired) electrons. The first-order valence-corrected chi connectivity index (χ1v) is 7.82. The lowest BCUT2D eigenvalue weighted by atomic mass is 9.96. The van der Waals surface area contributed by atoms with E-state index in [9.17, 15) is 14.4 Å². The van der Waals surface area contributed by atoms with Gasteiger partial charge in [-0.1, -0.05) is 54.6 Å². The van der Waals surface area contributed by atoms with Crippen molar-refractivity contribution in [2.24, 2.45) is 0 Å². The summed E-state index contributed by atoms with van der Waals surface area (Å²) < 4.78 is 4.71. The van der Waals surface area contributed by atoms with Crippen molar-refractivity contribution in [1.82, 2.24) is 0 Å². The predicted octanol–water partition coefficient (Wildman–Crippen LogP) is 4.08. The lowest BCUT2D eigenvalue weighted by Gasteiger charge is -2.07. The van der Waals surface area contributed by atoms with Crippen LogP contribution in [0.2, 0.25) is 0 Å². The topological polar surface area (TPSA) is 60.4 Å². The average Bonchev–Trinajstić information content (AvgIpc) is 2.66. The summed E-state index contributed by atoms with van der Waals surface area (Å²) in [6.45, 7) is 0. The van der Waals surface area contributed by atoms with E-state index in [4.69, 9.17) is 4.74 Å². The number of ether oxygens (including phenoxy) is 1. The van der Waals surface area contributed by atoms with Crippen molar-refractivity contribution in [2.75, 3.05) is 7.11 Å². The molecule has 4 heteroatoms. The highest BCUT2D eigenvalue weighted by molar-refractivity contribution is 6.18. The Hall–Kier alpha value is -3.27. The van der Waals surface area contributed by atoms with E-state index in [1.165, 1.54) is 7.11 Å². The molecule has 0 unspecified atom stereocenters. The fourth-order valence-electron chi connectivity index (χ4n) is 2.74. The quantitative estimate of drug-likeness (QED) is 0.401. The minimum atomic E-state index is -0.433. The maximum absolute atomic E-state index is 12.6. The normalized spacial score (nSPS) is 10.4. The summed E-state index contributed by atoms with van der Waals surface area (Å²) in [4.78, 5) is 36.5. The largest absolute Gasteiger partial charge is 0.465 e. The highest BCUT2D eigenvalue weighted by atomic mass is 16.5. The van der Waals surface area contributed by atoms with Gasteiger partial charge in [0.05, 0.1) is 19.1 Å². The first kappa shape index (κ1) is 16.6. The SMILES string of the molecule is COC(=O)c1ccc2c(C(=O)CC(=O)c3ccccc3)cccc2c1. The van der Waals surface area contributed by atoms with Crippen molar-refractivity contribution >= 4 is 28.3 Å². The fourth-order valence-corrected chi connectivity index (χ4v) is 2.74. The van der Waals surface area contributed by atoms with Gasteiger partial charge in [0.25, 0.3) is 0 Å². The third kappa shape index (κ3) is 3.48. The molecule has 0 fully saturated rings. The van der Waals surface area contributed by atoms with Gasteiger partial charge in [-0.05, 0) is 22.9 Å². The molecule has 0 bridgehead atoms. The molecule has 0 aliphatic rings. The van der Waals surface area contributed by atoms with Crippen LogP contribution in [0.15, 0.2) is 66.7 Å². The van der Waals surface area contributed by atoms with Gasteiger partial charge in [-0.25, -0.2) is 4.79 Å². The molecule has 3 aromatic rings. The van der Waals surface area contributed by atoms with Crippen LogP contribution < -0.4 is 0 Å². The van der Waals surface area contributed by atoms with E-state index in [-0.39, 0.29) is 18.0 Å². The Bertz CT molecular complexity index is 958. The molecule has 0 N–H and O–H groups in total. The molecule has 3 aromatic carbocycles. The maximum Gasteiger partial charge on any atom is 0.337 e. The molecular formula is C21H16O4. The minimum absolute atomic E-state index is 0.193. The minimum Gasteiger partial charge on any atom is -0.465 e. The molecule has 0 aromatic heterocycles. The molecule has 25 heavy (non-hydrogen) atoms. The van der Waals surface area contributed by atoms with E-state index < -0.39 is 5.97 Å². The van der Waals surface area contributed by atoms with Crippen molar-refractivity contribution in [3.63, 3.8) is 0 Å². The first-order chi connectivity index (χ1) is 12.1. The molecular weight excluding hydrogens is 316 g/mol. The number of methoxy groups -OCH3 is 1. The van der Waals surface area contributed by atoms with E-state index >= 15 is 0 Å². The number of hydrogen-bond donors (Lipinski definition) is 0. The van der Waals surface area contributed by atoms with Gasteiger partial charge >= 0.3 is 5.97 Å². The van der Waals surface area contributed by atoms with Crippen LogP contribution in [0.25, 0.3) is 10.8 Å². The van der Waals surface area contributed by atoms with E-state index in [1.807, 2.05) is 12.1 Å². The maximum atomic E-state index is 12.6. The molecule has 3 rings (SSSR count). The second-order valence-corrected chi connectivity index (χ2v) is 5.62. The van der Waals surface area contributed by atoms with Gasteiger partial charge in [-0.3, -0.25) is 9.59 Å². The molecule has 0 aliphatic carbocycles. The number of hydrogen-bond acceptors (Lipinski definition) is 4. The average molecular weight is 332 g/mol. The Kier molecular flexibility index (Phi) is 4.70. The standard InChI is InChI=1S/C21H16O4/c1-25-21(24)16-10-11-17-15(12-16)8-5-9-18(17)20(23)13-19(22)14-6-3-2-4-7-14/h2-12H,13H2,1H3. The summed E-state index contributed by atoms with van der Waals surface area (Å²) in [5, 5.41) is 1.46. The zero-order valence-corrected chi connectivity index (χ0v) is 13.7. The molecule has 0 spiro atoms. The summed E-state index contributed by atoms with van der Waals surface area (Å²) in [6.07, 6.45) is -0.193. The number of benzene rings is 3.